The SMILES string of the molecule is CS(=O)(=O)C(C(=O)O)c1ccc(-c2ccccc2Cl)cc1. The molecule has 0 saturated carbocycles. The van der Waals surface area contributed by atoms with Crippen LogP contribution >= 0.6 is 11.6 Å². The molecule has 4 nitrogen and oxygen atoms in total. The highest BCUT2D eigenvalue weighted by Gasteiger charge is 2.30. The van der Waals surface area contributed by atoms with Crippen molar-refractivity contribution in [3.8, 4) is 11.1 Å². The summed E-state index contributed by atoms with van der Waals surface area (Å²) in [6, 6.07) is 13.6. The van der Waals surface area contributed by atoms with E-state index in [1.807, 2.05) is 18.2 Å². The first kappa shape index (κ1) is 15.5. The molecule has 110 valence electrons. The van der Waals surface area contributed by atoms with E-state index in [-0.39, 0.29) is 5.56 Å². The maximum atomic E-state index is 11.6. The van der Waals surface area contributed by atoms with Crippen LogP contribution in [0.3, 0.4) is 0 Å². The summed E-state index contributed by atoms with van der Waals surface area (Å²) in [7, 11) is -3.73. The van der Waals surface area contributed by atoms with Crippen LogP contribution in [0.25, 0.3) is 11.1 Å². The van der Waals surface area contributed by atoms with E-state index in [1.165, 1.54) is 12.1 Å². The van der Waals surface area contributed by atoms with Crippen molar-refractivity contribution < 1.29 is 18.3 Å². The maximum absolute atomic E-state index is 11.6. The Kier molecular flexibility index (Phi) is 4.34. The average molecular weight is 325 g/mol. The normalized spacial score (nSPS) is 12.9. The number of hydrogen-bond donors (Lipinski definition) is 1. The van der Waals surface area contributed by atoms with Crippen molar-refractivity contribution in [3.05, 3.63) is 59.1 Å². The van der Waals surface area contributed by atoms with Crippen LogP contribution < -0.4 is 0 Å². The van der Waals surface area contributed by atoms with Crippen LogP contribution in [-0.2, 0) is 14.6 Å². The molecular weight excluding hydrogens is 312 g/mol. The molecule has 1 N–H and O–H groups in total. The molecule has 0 radical (unpaired) electrons. The number of benzene rings is 2. The van der Waals surface area contributed by atoms with Crippen LogP contribution in [0.2, 0.25) is 5.02 Å². The summed E-state index contributed by atoms with van der Waals surface area (Å²) < 4.78 is 23.2. The molecule has 2 aromatic carbocycles. The largest absolute Gasteiger partial charge is 0.480 e. The van der Waals surface area contributed by atoms with E-state index in [4.69, 9.17) is 16.7 Å². The molecule has 0 aromatic heterocycles. The zero-order chi connectivity index (χ0) is 15.6. The lowest BCUT2D eigenvalue weighted by Crippen LogP contribution is -2.20. The summed E-state index contributed by atoms with van der Waals surface area (Å²) in [6.07, 6.45) is 0.910. The third-order valence-electron chi connectivity index (χ3n) is 3.05. The predicted octanol–water partition coefficient (Wildman–Crippen LogP) is 3.18. The van der Waals surface area contributed by atoms with Gasteiger partial charge in [0.25, 0.3) is 0 Å². The second kappa shape index (κ2) is 5.87. The minimum absolute atomic E-state index is 0.223. The second-order valence-electron chi connectivity index (χ2n) is 4.65. The van der Waals surface area contributed by atoms with E-state index in [0.29, 0.717) is 5.02 Å². The highest BCUT2D eigenvalue weighted by molar-refractivity contribution is 7.91. The van der Waals surface area contributed by atoms with Crippen molar-refractivity contribution in [1.82, 2.24) is 0 Å². The van der Waals surface area contributed by atoms with Gasteiger partial charge in [-0.2, -0.15) is 0 Å². The molecule has 2 aromatic rings. The van der Waals surface area contributed by atoms with Crippen LogP contribution in [0, 0.1) is 0 Å². The van der Waals surface area contributed by atoms with E-state index in [1.54, 1.807) is 18.2 Å². The van der Waals surface area contributed by atoms with Crippen LogP contribution in [-0.4, -0.2) is 25.7 Å². The molecule has 0 saturated heterocycles. The van der Waals surface area contributed by atoms with Crippen LogP contribution in [0.1, 0.15) is 10.8 Å². The van der Waals surface area contributed by atoms with Gasteiger partial charge in [-0.05, 0) is 17.2 Å². The Balaban J connectivity index is 2.44. The first-order chi connectivity index (χ1) is 9.80. The third-order valence-corrected chi connectivity index (χ3v) is 4.71. The van der Waals surface area contributed by atoms with Crippen LogP contribution in [0.5, 0.6) is 0 Å². The molecule has 0 bridgehead atoms. The zero-order valence-electron chi connectivity index (χ0n) is 11.2. The van der Waals surface area contributed by atoms with Gasteiger partial charge in [0.1, 0.15) is 0 Å². The Labute approximate surface area is 127 Å². The quantitative estimate of drug-likeness (QED) is 0.937. The van der Waals surface area contributed by atoms with Crippen molar-refractivity contribution in [1.29, 1.82) is 0 Å². The van der Waals surface area contributed by atoms with Crippen LogP contribution in [0.15, 0.2) is 48.5 Å². The maximum Gasteiger partial charge on any atom is 0.326 e. The molecule has 0 aliphatic rings. The van der Waals surface area contributed by atoms with Gasteiger partial charge >= 0.3 is 5.97 Å². The number of carboxylic acid groups (broad SMARTS) is 1. The van der Waals surface area contributed by atoms with E-state index in [0.717, 1.165) is 17.4 Å². The van der Waals surface area contributed by atoms with Gasteiger partial charge in [-0.25, -0.2) is 8.42 Å². The summed E-state index contributed by atoms with van der Waals surface area (Å²) in [4.78, 5) is 11.2. The van der Waals surface area contributed by atoms with Gasteiger partial charge in [0, 0.05) is 16.8 Å². The lowest BCUT2D eigenvalue weighted by atomic mass is 10.0. The minimum Gasteiger partial charge on any atom is -0.480 e. The average Bonchev–Trinajstić information content (AvgIpc) is 2.38. The number of carbonyl (C=O) groups is 1. The Morgan fingerprint density at radius 1 is 1.10 bits per heavy atom. The molecule has 0 spiro atoms. The highest BCUT2D eigenvalue weighted by atomic mass is 35.5. The molecule has 0 fully saturated rings. The summed E-state index contributed by atoms with van der Waals surface area (Å²) in [5, 5.41) is 8.11. The van der Waals surface area contributed by atoms with Crippen molar-refractivity contribution in [2.24, 2.45) is 0 Å². The number of rotatable bonds is 4. The van der Waals surface area contributed by atoms with Gasteiger partial charge in [-0.1, -0.05) is 54.1 Å². The smallest absolute Gasteiger partial charge is 0.326 e. The summed E-state index contributed by atoms with van der Waals surface area (Å²) in [6.45, 7) is 0. The van der Waals surface area contributed by atoms with Gasteiger partial charge in [0.05, 0.1) is 0 Å². The highest BCUT2D eigenvalue weighted by Crippen LogP contribution is 2.30. The van der Waals surface area contributed by atoms with Gasteiger partial charge in [0.2, 0.25) is 0 Å². The molecule has 6 heteroatoms. The van der Waals surface area contributed by atoms with E-state index in [2.05, 4.69) is 0 Å². The summed E-state index contributed by atoms with van der Waals surface area (Å²) in [5.41, 5.74) is 1.82. The Bertz CT molecular complexity index is 767. The fourth-order valence-corrected chi connectivity index (χ4v) is 3.37. The number of sulfone groups is 1. The monoisotopic (exact) mass is 324 g/mol. The Morgan fingerprint density at radius 3 is 2.14 bits per heavy atom. The van der Waals surface area contributed by atoms with Gasteiger partial charge in [0.15, 0.2) is 15.1 Å². The van der Waals surface area contributed by atoms with E-state index < -0.39 is 21.1 Å². The standard InChI is InChI=1S/C15H13ClO4S/c1-21(19,20)14(15(17)18)11-8-6-10(7-9-11)12-4-2-3-5-13(12)16/h2-9,14H,1H3,(H,17,18). The topological polar surface area (TPSA) is 71.4 Å². The second-order valence-corrected chi connectivity index (χ2v) is 7.19. The minimum atomic E-state index is -3.73. The molecule has 1 atom stereocenters. The lowest BCUT2D eigenvalue weighted by molar-refractivity contribution is -0.136. The van der Waals surface area contributed by atoms with E-state index >= 15 is 0 Å². The van der Waals surface area contributed by atoms with Crippen molar-refractivity contribution in [2.75, 3.05) is 6.26 Å². The first-order valence-electron chi connectivity index (χ1n) is 6.07. The molecule has 0 aliphatic heterocycles. The predicted molar refractivity (Wildman–Crippen MR) is 82.1 cm³/mol. The molecular formula is C15H13ClO4S. The fourth-order valence-electron chi connectivity index (χ4n) is 2.11. The van der Waals surface area contributed by atoms with Crippen molar-refractivity contribution >= 4 is 27.4 Å². The molecule has 2 rings (SSSR count). The molecule has 21 heavy (non-hydrogen) atoms. The first-order valence-corrected chi connectivity index (χ1v) is 8.40. The number of aliphatic carboxylic acids is 1. The van der Waals surface area contributed by atoms with Crippen molar-refractivity contribution in [3.63, 3.8) is 0 Å². The molecule has 0 amide bonds. The molecule has 0 heterocycles. The van der Waals surface area contributed by atoms with Gasteiger partial charge in [-0.15, -0.1) is 0 Å². The zero-order valence-corrected chi connectivity index (χ0v) is 12.7. The number of hydrogen-bond acceptors (Lipinski definition) is 3. The molecule has 0 aliphatic carbocycles. The van der Waals surface area contributed by atoms with Gasteiger partial charge < -0.3 is 5.11 Å². The van der Waals surface area contributed by atoms with Gasteiger partial charge in [-0.3, -0.25) is 4.79 Å². The molecule has 1 unspecified atom stereocenters. The fraction of sp³-hybridized carbons (Fsp3) is 0.133. The Hall–Kier alpha value is -1.85. The lowest BCUT2D eigenvalue weighted by Gasteiger charge is -2.12. The number of halogens is 1. The summed E-state index contributed by atoms with van der Waals surface area (Å²) >= 11 is 6.09. The Morgan fingerprint density at radius 2 is 1.67 bits per heavy atom. The third kappa shape index (κ3) is 3.43. The number of carboxylic acids is 1. The van der Waals surface area contributed by atoms with Crippen molar-refractivity contribution in [2.45, 2.75) is 5.25 Å². The van der Waals surface area contributed by atoms with Crippen LogP contribution in [0.4, 0.5) is 0 Å². The summed E-state index contributed by atoms with van der Waals surface area (Å²) in [5.74, 6) is -1.39. The van der Waals surface area contributed by atoms with E-state index in [9.17, 15) is 13.2 Å².